The zero-order valence-corrected chi connectivity index (χ0v) is 13.5. The lowest BCUT2D eigenvalue weighted by Gasteiger charge is -2.14. The quantitative estimate of drug-likeness (QED) is 0.588. The van der Waals surface area contributed by atoms with Crippen LogP contribution in [-0.4, -0.2) is 29.8 Å². The lowest BCUT2D eigenvalue weighted by molar-refractivity contribution is 0.820. The molecule has 2 N–H and O–H groups in total. The van der Waals surface area contributed by atoms with E-state index in [1.807, 2.05) is 37.3 Å². The number of aromatic amines is 1. The van der Waals surface area contributed by atoms with E-state index in [4.69, 9.17) is 0 Å². The van der Waals surface area contributed by atoms with Crippen molar-refractivity contribution >= 4 is 21.4 Å². The normalized spacial score (nSPS) is 12.4. The van der Waals surface area contributed by atoms with Crippen LogP contribution in [0.25, 0.3) is 4.96 Å². The number of rotatable bonds is 4. The summed E-state index contributed by atoms with van der Waals surface area (Å²) in [6, 6.07) is 10.9. The number of anilines is 1. The summed E-state index contributed by atoms with van der Waals surface area (Å²) in [4.78, 5) is 20.9. The van der Waals surface area contributed by atoms with Crippen LogP contribution in [0, 0.1) is 6.92 Å². The Kier molecular flexibility index (Phi) is 3.54. The van der Waals surface area contributed by atoms with Crippen LogP contribution < -0.4 is 10.9 Å². The van der Waals surface area contributed by atoms with Gasteiger partial charge in [0, 0.05) is 12.3 Å². The molecule has 24 heavy (non-hydrogen) atoms. The van der Waals surface area contributed by atoms with Crippen molar-refractivity contribution in [1.82, 2.24) is 29.8 Å². The lowest BCUT2D eigenvalue weighted by atomic mass is 10.1. The minimum absolute atomic E-state index is 0.214. The topological polar surface area (TPSA) is 101 Å². The molecule has 0 aliphatic carbocycles. The van der Waals surface area contributed by atoms with Gasteiger partial charge in [0.05, 0.1) is 0 Å². The Morgan fingerprint density at radius 3 is 2.79 bits per heavy atom. The highest BCUT2D eigenvalue weighted by atomic mass is 32.1. The van der Waals surface area contributed by atoms with Gasteiger partial charge in [0.1, 0.15) is 11.9 Å². The first-order valence-electron chi connectivity index (χ1n) is 7.26. The first kappa shape index (κ1) is 14.5. The van der Waals surface area contributed by atoms with Gasteiger partial charge in [-0.1, -0.05) is 41.7 Å². The third kappa shape index (κ3) is 2.65. The Morgan fingerprint density at radius 2 is 2.08 bits per heavy atom. The van der Waals surface area contributed by atoms with Crippen molar-refractivity contribution in [2.24, 2.45) is 0 Å². The van der Waals surface area contributed by atoms with Crippen molar-refractivity contribution in [3.8, 4) is 0 Å². The minimum Gasteiger partial charge on any atom is -0.346 e. The third-order valence-corrected chi connectivity index (χ3v) is 4.30. The van der Waals surface area contributed by atoms with Crippen molar-refractivity contribution in [3.63, 3.8) is 0 Å². The van der Waals surface area contributed by atoms with Gasteiger partial charge in [-0.05, 0) is 12.5 Å². The maximum atomic E-state index is 11.8. The molecule has 3 aromatic heterocycles. The number of aryl methyl sites for hydroxylation is 1. The van der Waals surface area contributed by atoms with E-state index in [-0.39, 0.29) is 11.6 Å². The van der Waals surface area contributed by atoms with Gasteiger partial charge in [-0.15, -0.1) is 5.10 Å². The third-order valence-electron chi connectivity index (χ3n) is 3.44. The lowest BCUT2D eigenvalue weighted by Crippen LogP contribution is -2.16. The van der Waals surface area contributed by atoms with Crippen LogP contribution in [-0.2, 0) is 0 Å². The predicted molar refractivity (Wildman–Crippen MR) is 90.2 cm³/mol. The smallest absolute Gasteiger partial charge is 0.275 e. The number of fused-ring (bicyclic) bond motifs is 1. The molecule has 0 radical (unpaired) electrons. The zero-order chi connectivity index (χ0) is 16.5. The van der Waals surface area contributed by atoms with Crippen LogP contribution in [0.2, 0.25) is 0 Å². The molecule has 0 spiro atoms. The number of nitrogens with one attached hydrogen (secondary N) is 2. The highest BCUT2D eigenvalue weighted by molar-refractivity contribution is 7.20. The van der Waals surface area contributed by atoms with Crippen molar-refractivity contribution < 1.29 is 0 Å². The second-order valence-corrected chi connectivity index (χ2v) is 6.11. The molecule has 0 bridgehead atoms. The molecule has 0 amide bonds. The highest BCUT2D eigenvalue weighted by Crippen LogP contribution is 2.26. The van der Waals surface area contributed by atoms with Crippen LogP contribution in [0.4, 0.5) is 5.13 Å². The second kappa shape index (κ2) is 5.85. The van der Waals surface area contributed by atoms with E-state index < -0.39 is 0 Å². The SMILES string of the molecule is Cc1nc(C(Nc2nn3c(=O)ccnc3s2)c2ccccc2)n[nH]1. The fourth-order valence-corrected chi connectivity index (χ4v) is 3.16. The highest BCUT2D eigenvalue weighted by Gasteiger charge is 2.20. The van der Waals surface area contributed by atoms with E-state index in [9.17, 15) is 4.79 Å². The molecule has 1 unspecified atom stereocenters. The number of H-pyrrole nitrogens is 1. The standard InChI is InChI=1S/C15H13N7OS/c1-9-17-13(20-19-9)12(10-5-3-2-4-6-10)18-14-21-22-11(23)7-8-16-15(22)24-14/h2-8,12H,1H3,(H,18,21)(H,17,19,20). The maximum absolute atomic E-state index is 11.8. The molecule has 0 saturated carbocycles. The Balaban J connectivity index is 1.76. The Bertz CT molecular complexity index is 1040. The molecule has 0 saturated heterocycles. The molecular formula is C15H13N7OS. The van der Waals surface area contributed by atoms with Crippen LogP contribution >= 0.6 is 11.3 Å². The second-order valence-electron chi connectivity index (χ2n) is 5.15. The van der Waals surface area contributed by atoms with Crippen molar-refractivity contribution in [2.75, 3.05) is 5.32 Å². The molecule has 4 aromatic rings. The van der Waals surface area contributed by atoms with Crippen LogP contribution in [0.15, 0.2) is 47.4 Å². The molecular weight excluding hydrogens is 326 g/mol. The van der Waals surface area contributed by atoms with E-state index in [0.29, 0.717) is 15.9 Å². The molecule has 0 aliphatic heterocycles. The van der Waals surface area contributed by atoms with Gasteiger partial charge in [0.2, 0.25) is 10.1 Å². The van der Waals surface area contributed by atoms with E-state index in [0.717, 1.165) is 11.4 Å². The van der Waals surface area contributed by atoms with E-state index in [1.165, 1.54) is 28.1 Å². The minimum atomic E-state index is -0.285. The molecule has 1 atom stereocenters. The number of hydrogen-bond donors (Lipinski definition) is 2. The average Bonchev–Trinajstić information content (AvgIpc) is 3.20. The summed E-state index contributed by atoms with van der Waals surface area (Å²) in [5.74, 6) is 1.34. The van der Waals surface area contributed by atoms with Crippen LogP contribution in [0.1, 0.15) is 23.3 Å². The largest absolute Gasteiger partial charge is 0.346 e. The van der Waals surface area contributed by atoms with E-state index in [1.54, 1.807) is 0 Å². The van der Waals surface area contributed by atoms with Gasteiger partial charge in [-0.2, -0.15) is 9.61 Å². The van der Waals surface area contributed by atoms with Crippen LogP contribution in [0.5, 0.6) is 0 Å². The molecule has 0 fully saturated rings. The van der Waals surface area contributed by atoms with Crippen molar-refractivity contribution in [3.05, 3.63) is 70.2 Å². The molecule has 4 rings (SSSR count). The molecule has 1 aromatic carbocycles. The summed E-state index contributed by atoms with van der Waals surface area (Å²) in [7, 11) is 0. The van der Waals surface area contributed by atoms with Crippen LogP contribution in [0.3, 0.4) is 0 Å². The number of nitrogens with zero attached hydrogens (tertiary/aromatic N) is 5. The monoisotopic (exact) mass is 339 g/mol. The summed E-state index contributed by atoms with van der Waals surface area (Å²) in [6.45, 7) is 1.85. The summed E-state index contributed by atoms with van der Waals surface area (Å²) >= 11 is 1.30. The summed E-state index contributed by atoms with van der Waals surface area (Å²) in [5.41, 5.74) is 0.783. The molecule has 0 aliphatic rings. The Morgan fingerprint density at radius 1 is 1.25 bits per heavy atom. The molecule has 120 valence electrons. The van der Waals surface area contributed by atoms with Gasteiger partial charge in [-0.25, -0.2) is 9.97 Å². The first-order valence-corrected chi connectivity index (χ1v) is 8.07. The predicted octanol–water partition coefficient (Wildman–Crippen LogP) is 1.78. The molecule has 9 heteroatoms. The van der Waals surface area contributed by atoms with Gasteiger partial charge in [0.15, 0.2) is 5.82 Å². The molecule has 3 heterocycles. The fraction of sp³-hybridized carbons (Fsp3) is 0.133. The Hall–Kier alpha value is -3.07. The number of hydrogen-bond acceptors (Lipinski definition) is 7. The summed E-state index contributed by atoms with van der Waals surface area (Å²) in [5, 5.41) is 15.3. The maximum Gasteiger partial charge on any atom is 0.275 e. The molecule has 8 nitrogen and oxygen atoms in total. The van der Waals surface area contributed by atoms with Gasteiger partial charge < -0.3 is 5.32 Å². The Labute approximate surface area is 140 Å². The van der Waals surface area contributed by atoms with Crippen molar-refractivity contribution in [2.45, 2.75) is 13.0 Å². The van der Waals surface area contributed by atoms with E-state index >= 15 is 0 Å². The summed E-state index contributed by atoms with van der Waals surface area (Å²) < 4.78 is 1.28. The van der Waals surface area contributed by atoms with Gasteiger partial charge in [0.25, 0.3) is 5.56 Å². The van der Waals surface area contributed by atoms with Gasteiger partial charge in [-0.3, -0.25) is 9.89 Å². The summed E-state index contributed by atoms with van der Waals surface area (Å²) in [6.07, 6.45) is 1.48. The van der Waals surface area contributed by atoms with Crippen molar-refractivity contribution in [1.29, 1.82) is 0 Å². The van der Waals surface area contributed by atoms with Gasteiger partial charge >= 0.3 is 0 Å². The zero-order valence-electron chi connectivity index (χ0n) is 12.7. The van der Waals surface area contributed by atoms with E-state index in [2.05, 4.69) is 30.6 Å². The number of aromatic nitrogens is 6. The number of benzene rings is 1. The fourth-order valence-electron chi connectivity index (χ4n) is 2.36. The average molecular weight is 339 g/mol. The first-order chi connectivity index (χ1) is 11.7.